The van der Waals surface area contributed by atoms with Gasteiger partial charge in [-0.1, -0.05) is 0 Å². The van der Waals surface area contributed by atoms with Crippen LogP contribution in [-0.4, -0.2) is 57.5 Å². The Morgan fingerprint density at radius 3 is 2.37 bits per heavy atom. The van der Waals surface area contributed by atoms with Crippen molar-refractivity contribution in [3.8, 4) is 11.4 Å². The Labute approximate surface area is 228 Å². The number of aromatic amines is 1. The number of carbonyl (C=O) groups excluding carboxylic acids is 1. The van der Waals surface area contributed by atoms with E-state index < -0.39 is 34.9 Å². The zero-order valence-corrected chi connectivity index (χ0v) is 21.4. The number of hydrogen-bond donors (Lipinski definition) is 1. The smallest absolute Gasteiger partial charge is 0.380 e. The number of rotatable bonds is 9. The van der Waals surface area contributed by atoms with E-state index in [1.807, 2.05) is 5.10 Å². The molecule has 1 aromatic carbocycles. The second-order valence-electron chi connectivity index (χ2n) is 9.40. The second kappa shape index (κ2) is 11.7. The number of anilines is 1. The average molecular weight is 584 g/mol. The van der Waals surface area contributed by atoms with Gasteiger partial charge in [-0.25, -0.2) is 19.5 Å². The van der Waals surface area contributed by atoms with Crippen LogP contribution in [-0.2, 0) is 12.4 Å². The maximum absolute atomic E-state index is 14.6. The van der Waals surface area contributed by atoms with Crippen molar-refractivity contribution in [2.45, 2.75) is 37.7 Å². The summed E-state index contributed by atoms with van der Waals surface area (Å²) in [6.45, 7) is 0.839. The van der Waals surface area contributed by atoms with E-state index in [2.05, 4.69) is 15.1 Å². The topological polar surface area (TPSA) is 95.1 Å². The van der Waals surface area contributed by atoms with Crippen LogP contribution in [0.4, 0.5) is 36.4 Å². The first kappa shape index (κ1) is 29.7. The van der Waals surface area contributed by atoms with Crippen LogP contribution in [0.2, 0.25) is 0 Å². The number of aromatic nitrogens is 4. The lowest BCUT2D eigenvalue weighted by atomic mass is 9.96. The van der Waals surface area contributed by atoms with Crippen LogP contribution in [0.3, 0.4) is 0 Å². The molecular weight excluding hydrogens is 561 g/mol. The lowest BCUT2D eigenvalue weighted by Gasteiger charge is -2.43. The van der Waals surface area contributed by atoms with E-state index in [1.54, 1.807) is 18.1 Å². The highest BCUT2D eigenvalue weighted by Gasteiger charge is 2.41. The number of nitrogens with one attached hydrogen (secondary N) is 1. The highest BCUT2D eigenvalue weighted by molar-refractivity contribution is 5.84. The zero-order valence-electron chi connectivity index (χ0n) is 21.4. The van der Waals surface area contributed by atoms with E-state index in [4.69, 9.17) is 0 Å². The van der Waals surface area contributed by atoms with E-state index in [1.165, 1.54) is 17.0 Å². The minimum Gasteiger partial charge on any atom is -0.380 e. The van der Waals surface area contributed by atoms with E-state index >= 15 is 0 Å². The highest BCUT2D eigenvalue weighted by atomic mass is 19.4. The number of carbonyl (C=O) groups is 1. The van der Waals surface area contributed by atoms with Crippen molar-refractivity contribution in [3.05, 3.63) is 75.3 Å². The van der Waals surface area contributed by atoms with Crippen molar-refractivity contribution in [2.75, 3.05) is 25.0 Å². The Balaban J connectivity index is 1.41. The number of halogens is 7. The minimum absolute atomic E-state index is 0.000141. The summed E-state index contributed by atoms with van der Waals surface area (Å²) in [6, 6.07) is 1.99. The standard InChI is InChI=1S/C26H23F7N6O2/c1-38(6-2-3-18-5-8-39(18)21-13-36-37-24(41)22(21)26(31,32)33)7-4-15-9-19(20(27)10-16(15)14-40)23-34-11-17(12-35-23)25(28,29)30/h4,7,9-14,18H,2-3,5-6,8H2,1H3,(H,37,41)/b7-4-. The molecule has 0 bridgehead atoms. The summed E-state index contributed by atoms with van der Waals surface area (Å²) in [7, 11) is 1.72. The molecule has 2 aromatic heterocycles. The van der Waals surface area contributed by atoms with Gasteiger partial charge in [0.15, 0.2) is 12.1 Å². The van der Waals surface area contributed by atoms with Crippen molar-refractivity contribution in [3.63, 3.8) is 0 Å². The molecule has 0 saturated carbocycles. The van der Waals surface area contributed by atoms with Crippen LogP contribution in [0.15, 0.2) is 41.7 Å². The summed E-state index contributed by atoms with van der Waals surface area (Å²) < 4.78 is 93.3. The lowest BCUT2D eigenvalue weighted by Crippen LogP contribution is -2.49. The van der Waals surface area contributed by atoms with Crippen LogP contribution < -0.4 is 10.5 Å². The van der Waals surface area contributed by atoms with Gasteiger partial charge in [0, 0.05) is 44.1 Å². The van der Waals surface area contributed by atoms with Crippen LogP contribution in [0.25, 0.3) is 17.5 Å². The van der Waals surface area contributed by atoms with Gasteiger partial charge < -0.3 is 9.80 Å². The second-order valence-corrected chi connectivity index (χ2v) is 9.40. The summed E-state index contributed by atoms with van der Waals surface area (Å²) >= 11 is 0. The molecule has 1 unspecified atom stereocenters. The molecule has 1 aliphatic rings. The van der Waals surface area contributed by atoms with Gasteiger partial charge in [0.05, 0.1) is 23.0 Å². The van der Waals surface area contributed by atoms with Gasteiger partial charge >= 0.3 is 12.4 Å². The molecule has 8 nitrogen and oxygen atoms in total. The Kier molecular flexibility index (Phi) is 8.44. The van der Waals surface area contributed by atoms with E-state index in [9.17, 15) is 40.3 Å². The van der Waals surface area contributed by atoms with Crippen LogP contribution in [0, 0.1) is 5.82 Å². The molecule has 3 aromatic rings. The minimum atomic E-state index is -4.82. The average Bonchev–Trinajstić information content (AvgIpc) is 2.88. The first-order valence-electron chi connectivity index (χ1n) is 12.3. The van der Waals surface area contributed by atoms with Gasteiger partial charge in [-0.2, -0.15) is 31.4 Å². The highest BCUT2D eigenvalue weighted by Crippen LogP contribution is 2.38. The molecule has 0 radical (unpaired) electrons. The molecule has 3 heterocycles. The molecule has 1 fully saturated rings. The fourth-order valence-electron chi connectivity index (χ4n) is 4.43. The van der Waals surface area contributed by atoms with Crippen LogP contribution in [0.5, 0.6) is 0 Å². The summed E-state index contributed by atoms with van der Waals surface area (Å²) in [5.41, 5.74) is -3.83. The molecule has 15 heteroatoms. The first-order valence-corrected chi connectivity index (χ1v) is 12.3. The molecule has 41 heavy (non-hydrogen) atoms. The summed E-state index contributed by atoms with van der Waals surface area (Å²) in [6.07, 6.45) is -2.07. The molecule has 0 spiro atoms. The molecule has 1 saturated heterocycles. The third-order valence-corrected chi connectivity index (χ3v) is 6.65. The zero-order chi connectivity index (χ0) is 29.9. The van der Waals surface area contributed by atoms with Gasteiger partial charge in [-0.05, 0) is 49.2 Å². The maximum Gasteiger partial charge on any atom is 0.423 e. The first-order chi connectivity index (χ1) is 19.3. The number of hydrogen-bond acceptors (Lipinski definition) is 7. The molecular formula is C26H23F7N6O2. The van der Waals surface area contributed by atoms with Crippen LogP contribution >= 0.6 is 0 Å². The van der Waals surface area contributed by atoms with Gasteiger partial charge in [0.2, 0.25) is 0 Å². The predicted molar refractivity (Wildman–Crippen MR) is 134 cm³/mol. The maximum atomic E-state index is 14.6. The van der Waals surface area contributed by atoms with Crippen LogP contribution in [0.1, 0.15) is 46.3 Å². The molecule has 1 N–H and O–H groups in total. The fourth-order valence-corrected chi connectivity index (χ4v) is 4.43. The normalized spacial score (nSPS) is 15.7. The molecule has 1 aliphatic heterocycles. The Morgan fingerprint density at radius 1 is 1.07 bits per heavy atom. The van der Waals surface area contributed by atoms with Gasteiger partial charge in [0.25, 0.3) is 5.56 Å². The SMILES string of the molecule is CN(/C=C\c1cc(-c2ncc(C(F)(F)F)cn2)c(F)cc1C=O)CCCC1CCN1c1cn[nH]c(=O)c1C(F)(F)F. The Morgan fingerprint density at radius 2 is 1.78 bits per heavy atom. The Bertz CT molecular complexity index is 1490. The van der Waals surface area contributed by atoms with Gasteiger partial charge in [0.1, 0.15) is 11.4 Å². The number of benzene rings is 1. The third-order valence-electron chi connectivity index (χ3n) is 6.65. The molecule has 218 valence electrons. The summed E-state index contributed by atoms with van der Waals surface area (Å²) in [5.74, 6) is -1.17. The summed E-state index contributed by atoms with van der Waals surface area (Å²) in [5, 5.41) is 5.34. The monoisotopic (exact) mass is 584 g/mol. The van der Waals surface area contributed by atoms with Crippen molar-refractivity contribution in [1.29, 1.82) is 0 Å². The predicted octanol–water partition coefficient (Wildman–Crippen LogP) is 5.18. The van der Waals surface area contributed by atoms with Crippen molar-refractivity contribution in [1.82, 2.24) is 25.1 Å². The van der Waals surface area contributed by atoms with Crippen molar-refractivity contribution in [2.24, 2.45) is 0 Å². The fraction of sp³-hybridized carbons (Fsp3) is 0.346. The van der Waals surface area contributed by atoms with Gasteiger partial charge in [-0.3, -0.25) is 9.59 Å². The third kappa shape index (κ3) is 6.72. The van der Waals surface area contributed by atoms with Gasteiger partial charge in [-0.15, -0.1) is 0 Å². The molecule has 4 rings (SSSR count). The van der Waals surface area contributed by atoms with E-state index in [0.29, 0.717) is 51.0 Å². The quantitative estimate of drug-likeness (QED) is 0.274. The number of alkyl halides is 6. The molecule has 1 atom stereocenters. The van der Waals surface area contributed by atoms with E-state index in [-0.39, 0.29) is 34.2 Å². The van der Waals surface area contributed by atoms with Crippen molar-refractivity contribution >= 4 is 18.0 Å². The number of aldehydes is 1. The Hall–Kier alpha value is -4.30. The number of nitrogens with zero attached hydrogens (tertiary/aromatic N) is 5. The summed E-state index contributed by atoms with van der Waals surface area (Å²) in [4.78, 5) is 33.8. The largest absolute Gasteiger partial charge is 0.423 e. The van der Waals surface area contributed by atoms with E-state index in [0.717, 1.165) is 12.3 Å². The van der Waals surface area contributed by atoms with Crippen molar-refractivity contribution < 1.29 is 35.5 Å². The molecule has 0 amide bonds. The lowest BCUT2D eigenvalue weighted by molar-refractivity contribution is -0.139. The number of H-pyrrole nitrogens is 1. The molecule has 0 aliphatic carbocycles.